The van der Waals surface area contributed by atoms with Gasteiger partial charge in [0.2, 0.25) is 0 Å². The highest BCUT2D eigenvalue weighted by atomic mass is 31.2. The van der Waals surface area contributed by atoms with Crippen molar-refractivity contribution in [3.63, 3.8) is 0 Å². The van der Waals surface area contributed by atoms with Gasteiger partial charge >= 0.3 is 39.5 Å². The van der Waals surface area contributed by atoms with Crippen molar-refractivity contribution in [2.75, 3.05) is 39.6 Å². The van der Waals surface area contributed by atoms with Gasteiger partial charge in [0.05, 0.1) is 26.4 Å². The molecule has 0 heterocycles. The van der Waals surface area contributed by atoms with Gasteiger partial charge in [0.25, 0.3) is 0 Å². The molecule has 100 heavy (non-hydrogen) atoms. The van der Waals surface area contributed by atoms with Crippen LogP contribution >= 0.6 is 15.6 Å². The molecule has 0 bridgehead atoms. The minimum Gasteiger partial charge on any atom is -0.462 e. The maximum Gasteiger partial charge on any atom is 0.472 e. The molecule has 0 saturated heterocycles. The molecule has 0 aromatic rings. The molecule has 0 radical (unpaired) electrons. The number of aliphatic hydroxyl groups is 1. The number of hydrogen-bond donors (Lipinski definition) is 3. The number of esters is 4. The molecule has 0 aromatic heterocycles. The molecule has 6 atom stereocenters. The van der Waals surface area contributed by atoms with Crippen molar-refractivity contribution < 1.29 is 80.2 Å². The largest absolute Gasteiger partial charge is 0.472 e. The third-order valence-corrected chi connectivity index (χ3v) is 20.5. The van der Waals surface area contributed by atoms with Gasteiger partial charge in [0.15, 0.2) is 12.2 Å². The highest BCUT2D eigenvalue weighted by molar-refractivity contribution is 7.47. The summed E-state index contributed by atoms with van der Waals surface area (Å²) in [5.74, 6) is 0.179. The quantitative estimate of drug-likeness (QED) is 0.0169. The summed E-state index contributed by atoms with van der Waals surface area (Å²) in [7, 11) is -9.93. The number of phosphoric ester groups is 2. The summed E-state index contributed by atoms with van der Waals surface area (Å²) in [6.07, 6.45) is 61.9. The van der Waals surface area contributed by atoms with Gasteiger partial charge in [-0.3, -0.25) is 37.3 Å². The molecule has 19 heteroatoms. The van der Waals surface area contributed by atoms with E-state index in [0.29, 0.717) is 25.7 Å². The van der Waals surface area contributed by atoms with Crippen LogP contribution in [0.3, 0.4) is 0 Å². The van der Waals surface area contributed by atoms with Crippen LogP contribution in [0, 0.1) is 17.8 Å². The Balaban J connectivity index is 5.28. The molecule has 0 aliphatic rings. The number of phosphoric acid groups is 2. The van der Waals surface area contributed by atoms with Gasteiger partial charge in [0, 0.05) is 25.7 Å². The number of aliphatic hydroxyl groups excluding tert-OH is 1. The molecule has 17 nitrogen and oxygen atoms in total. The second-order valence-electron chi connectivity index (χ2n) is 29.7. The van der Waals surface area contributed by atoms with Crippen LogP contribution in [-0.2, 0) is 65.4 Å². The molecule has 0 rings (SSSR count). The zero-order valence-electron chi connectivity index (χ0n) is 65.2. The molecule has 0 aliphatic heterocycles. The molecular formula is C81H154O17P2. The average Bonchev–Trinajstić information content (AvgIpc) is 0.936. The molecule has 0 aromatic carbocycles. The summed E-state index contributed by atoms with van der Waals surface area (Å²) in [5.41, 5.74) is 0. The molecule has 0 spiro atoms. The van der Waals surface area contributed by atoms with Crippen LogP contribution in [0.25, 0.3) is 0 Å². The van der Waals surface area contributed by atoms with Gasteiger partial charge < -0.3 is 33.8 Å². The van der Waals surface area contributed by atoms with Crippen LogP contribution in [-0.4, -0.2) is 96.7 Å². The van der Waals surface area contributed by atoms with E-state index in [4.69, 9.17) is 37.0 Å². The fourth-order valence-electron chi connectivity index (χ4n) is 11.9. The smallest absolute Gasteiger partial charge is 0.462 e. The fraction of sp³-hybridized carbons (Fsp3) is 0.901. The van der Waals surface area contributed by atoms with Crippen LogP contribution < -0.4 is 0 Å². The van der Waals surface area contributed by atoms with Crippen molar-refractivity contribution in [3.8, 4) is 0 Å². The number of ether oxygens (including phenoxy) is 4. The fourth-order valence-corrected chi connectivity index (χ4v) is 13.5. The van der Waals surface area contributed by atoms with Gasteiger partial charge in [-0.1, -0.05) is 342 Å². The predicted octanol–water partition coefficient (Wildman–Crippen LogP) is 23.7. The second kappa shape index (κ2) is 70.8. The van der Waals surface area contributed by atoms with Crippen molar-refractivity contribution in [2.45, 2.75) is 414 Å². The van der Waals surface area contributed by atoms with Gasteiger partial charge in [-0.05, 0) is 69.1 Å². The van der Waals surface area contributed by atoms with Crippen LogP contribution in [0.5, 0.6) is 0 Å². The van der Waals surface area contributed by atoms with Crippen LogP contribution in [0.15, 0.2) is 24.3 Å². The van der Waals surface area contributed by atoms with Crippen molar-refractivity contribution in [1.29, 1.82) is 0 Å². The lowest BCUT2D eigenvalue weighted by Crippen LogP contribution is -2.30. The molecule has 0 amide bonds. The Labute approximate surface area is 612 Å². The van der Waals surface area contributed by atoms with Gasteiger partial charge in [-0.15, -0.1) is 0 Å². The lowest BCUT2D eigenvalue weighted by Gasteiger charge is -2.21. The summed E-state index contributed by atoms with van der Waals surface area (Å²) in [4.78, 5) is 73.0. The number of rotatable bonds is 77. The maximum atomic E-state index is 13.1. The highest BCUT2D eigenvalue weighted by Crippen LogP contribution is 2.45. The van der Waals surface area contributed by atoms with E-state index in [1.54, 1.807) is 0 Å². The zero-order chi connectivity index (χ0) is 73.7. The minimum atomic E-state index is -4.97. The van der Waals surface area contributed by atoms with Crippen molar-refractivity contribution in [3.05, 3.63) is 24.3 Å². The van der Waals surface area contributed by atoms with E-state index in [0.717, 1.165) is 133 Å². The Morgan fingerprint density at radius 3 is 0.890 bits per heavy atom. The zero-order valence-corrected chi connectivity index (χ0v) is 66.9. The van der Waals surface area contributed by atoms with Gasteiger partial charge in [0.1, 0.15) is 19.3 Å². The van der Waals surface area contributed by atoms with Crippen LogP contribution in [0.4, 0.5) is 0 Å². The van der Waals surface area contributed by atoms with Crippen molar-refractivity contribution >= 4 is 39.5 Å². The summed E-state index contributed by atoms with van der Waals surface area (Å²) in [6, 6.07) is 0. The Kier molecular flexibility index (Phi) is 69.1. The SMILES string of the molecule is CCCCCC/C=C\C=C/CCCCCCCC(=O)OC[C@H](COP(=O)(O)OC[C@@H](O)COP(=O)(O)OC[C@@H](COC(=O)CCCCCCCCC(C)CC)OC(=O)CCCCCCCCCCCCCCCC(C)C)OC(=O)CCCCCCCCCCCCCCCCCCC(C)C. The number of carbonyl (C=O) groups is 4. The standard InChI is InChI=1S/C81H154O17P2/c1-8-10-11-12-13-14-15-16-19-25-30-35-40-48-55-62-78(83)91-68-76(97-80(85)64-57-50-41-36-31-26-21-18-17-20-23-28-33-38-45-52-59-72(3)4)70-95-99(87,88)93-66-75(82)67-94-100(89,90)96-71-77(69-92-79(84)63-56-49-44-43-47-54-61-74(7)9-2)98-81(86)65-58-51-42-37-32-27-22-24-29-34-39-46-53-60-73(5)6/h14-16,19,72-77,82H,8-13,17-18,20-71H2,1-7H3,(H,87,88)(H,89,90)/b15-14-,19-16-/t74?,75-,76-,77-/m1/s1. The van der Waals surface area contributed by atoms with E-state index in [-0.39, 0.29) is 25.7 Å². The lowest BCUT2D eigenvalue weighted by molar-refractivity contribution is -0.161. The van der Waals surface area contributed by atoms with E-state index < -0.39 is 97.5 Å². The number of unbranched alkanes of at least 4 members (excludes halogenated alkanes) is 41. The Bertz CT molecular complexity index is 2040. The van der Waals surface area contributed by atoms with E-state index >= 15 is 0 Å². The van der Waals surface area contributed by atoms with E-state index in [1.807, 2.05) is 0 Å². The summed E-state index contributed by atoms with van der Waals surface area (Å²) in [5, 5.41) is 10.6. The summed E-state index contributed by atoms with van der Waals surface area (Å²) < 4.78 is 68.7. The Morgan fingerprint density at radius 2 is 0.590 bits per heavy atom. The Morgan fingerprint density at radius 1 is 0.330 bits per heavy atom. The molecular weight excluding hydrogens is 1310 g/mol. The minimum absolute atomic E-state index is 0.101. The van der Waals surface area contributed by atoms with Crippen LogP contribution in [0.2, 0.25) is 0 Å². The monoisotopic (exact) mass is 1460 g/mol. The van der Waals surface area contributed by atoms with Gasteiger partial charge in [-0.2, -0.15) is 0 Å². The first-order chi connectivity index (χ1) is 48.3. The summed E-state index contributed by atoms with van der Waals surface area (Å²) in [6.45, 7) is 11.9. The van der Waals surface area contributed by atoms with Crippen LogP contribution in [0.1, 0.15) is 395 Å². The maximum absolute atomic E-state index is 13.1. The molecule has 3 N–H and O–H groups in total. The van der Waals surface area contributed by atoms with E-state index in [9.17, 15) is 43.2 Å². The first kappa shape index (κ1) is 97.5. The highest BCUT2D eigenvalue weighted by Gasteiger charge is 2.30. The number of allylic oxidation sites excluding steroid dienone is 4. The van der Waals surface area contributed by atoms with E-state index in [2.05, 4.69) is 72.8 Å². The third-order valence-electron chi connectivity index (χ3n) is 18.6. The average molecular weight is 1460 g/mol. The molecule has 3 unspecified atom stereocenters. The topological polar surface area (TPSA) is 237 Å². The normalized spacial score (nSPS) is 14.4. The van der Waals surface area contributed by atoms with Crippen molar-refractivity contribution in [1.82, 2.24) is 0 Å². The molecule has 0 fully saturated rings. The number of hydrogen-bond acceptors (Lipinski definition) is 15. The molecule has 590 valence electrons. The van der Waals surface area contributed by atoms with E-state index in [1.165, 1.54) is 180 Å². The number of carbonyl (C=O) groups excluding carboxylic acids is 4. The summed E-state index contributed by atoms with van der Waals surface area (Å²) >= 11 is 0. The third kappa shape index (κ3) is 72.5. The molecule has 0 saturated carbocycles. The molecule has 0 aliphatic carbocycles. The predicted molar refractivity (Wildman–Crippen MR) is 409 cm³/mol. The van der Waals surface area contributed by atoms with Crippen molar-refractivity contribution in [2.24, 2.45) is 17.8 Å². The Hall–Kier alpha value is -2.46. The first-order valence-electron chi connectivity index (χ1n) is 41.2. The first-order valence-corrected chi connectivity index (χ1v) is 44.2. The lowest BCUT2D eigenvalue weighted by atomic mass is 10.00. The second-order valence-corrected chi connectivity index (χ2v) is 32.6. The van der Waals surface area contributed by atoms with Gasteiger partial charge in [-0.25, -0.2) is 9.13 Å².